The molecule has 0 unspecified atom stereocenters. The summed E-state index contributed by atoms with van der Waals surface area (Å²) in [6, 6.07) is 0.373. The number of anilines is 2. The minimum atomic E-state index is 0.370. The number of aromatic nitrogens is 3. The van der Waals surface area contributed by atoms with E-state index in [0.29, 0.717) is 29.3 Å². The van der Waals surface area contributed by atoms with E-state index in [2.05, 4.69) is 38.8 Å². The summed E-state index contributed by atoms with van der Waals surface area (Å²) in [7, 11) is 0. The van der Waals surface area contributed by atoms with Gasteiger partial charge in [0, 0.05) is 17.8 Å². The number of thioether (sulfide) groups is 1. The second-order valence-electron chi connectivity index (χ2n) is 4.87. The lowest BCUT2D eigenvalue weighted by molar-refractivity contribution is 0.312. The molecule has 1 aromatic heterocycles. The van der Waals surface area contributed by atoms with Gasteiger partial charge in [-0.15, -0.1) is 0 Å². The van der Waals surface area contributed by atoms with Crippen LogP contribution in [0.3, 0.4) is 0 Å². The lowest BCUT2D eigenvalue weighted by Crippen LogP contribution is -2.20. The normalized spacial score (nSPS) is 15.8. The molecule has 0 atom stereocenters. The second kappa shape index (κ2) is 6.97. The Morgan fingerprint density at radius 1 is 1.15 bits per heavy atom. The molecule has 0 aromatic carbocycles. The number of nitrogens with one attached hydrogen (secondary N) is 2. The van der Waals surface area contributed by atoms with Crippen molar-refractivity contribution in [2.45, 2.75) is 37.9 Å². The SMILES string of the molecule is CCCNc1nc(NCC2(SC)CC2)nc(OCC)n1. The molecule has 0 bridgehead atoms. The first-order valence-corrected chi connectivity index (χ1v) is 8.35. The maximum absolute atomic E-state index is 5.39. The van der Waals surface area contributed by atoms with Gasteiger partial charge in [-0.3, -0.25) is 0 Å². The number of nitrogens with zero attached hydrogens (tertiary/aromatic N) is 3. The van der Waals surface area contributed by atoms with Gasteiger partial charge in [-0.1, -0.05) is 6.92 Å². The molecule has 20 heavy (non-hydrogen) atoms. The van der Waals surface area contributed by atoms with E-state index in [9.17, 15) is 0 Å². The first-order chi connectivity index (χ1) is 9.71. The number of hydrogen-bond acceptors (Lipinski definition) is 7. The largest absolute Gasteiger partial charge is 0.464 e. The van der Waals surface area contributed by atoms with Gasteiger partial charge in [-0.05, 0) is 32.4 Å². The smallest absolute Gasteiger partial charge is 0.323 e. The minimum absolute atomic E-state index is 0.370. The number of rotatable bonds is 9. The van der Waals surface area contributed by atoms with Crippen molar-refractivity contribution in [2.75, 3.05) is 36.6 Å². The molecule has 7 heteroatoms. The Morgan fingerprint density at radius 2 is 1.85 bits per heavy atom. The molecule has 0 saturated heterocycles. The topological polar surface area (TPSA) is 72.0 Å². The zero-order valence-corrected chi connectivity index (χ0v) is 13.2. The van der Waals surface area contributed by atoms with Crippen LogP contribution in [0.15, 0.2) is 0 Å². The predicted octanol–water partition coefficient (Wildman–Crippen LogP) is 2.40. The van der Waals surface area contributed by atoms with Crippen molar-refractivity contribution in [3.63, 3.8) is 0 Å². The summed E-state index contributed by atoms with van der Waals surface area (Å²) in [5, 5.41) is 6.48. The molecule has 0 radical (unpaired) electrons. The van der Waals surface area contributed by atoms with Crippen LogP contribution in [0.5, 0.6) is 6.01 Å². The Bertz CT molecular complexity index is 439. The summed E-state index contributed by atoms with van der Waals surface area (Å²) in [4.78, 5) is 12.9. The van der Waals surface area contributed by atoms with E-state index in [0.717, 1.165) is 19.5 Å². The third kappa shape index (κ3) is 4.13. The van der Waals surface area contributed by atoms with E-state index in [-0.39, 0.29) is 0 Å². The summed E-state index contributed by atoms with van der Waals surface area (Å²) >= 11 is 1.91. The van der Waals surface area contributed by atoms with Crippen LogP contribution < -0.4 is 15.4 Å². The molecule has 2 N–H and O–H groups in total. The van der Waals surface area contributed by atoms with Crippen molar-refractivity contribution in [2.24, 2.45) is 0 Å². The summed E-state index contributed by atoms with van der Waals surface area (Å²) in [5.74, 6) is 1.16. The fourth-order valence-electron chi connectivity index (χ4n) is 1.78. The van der Waals surface area contributed by atoms with Crippen molar-refractivity contribution in [3.8, 4) is 6.01 Å². The van der Waals surface area contributed by atoms with E-state index in [1.165, 1.54) is 12.8 Å². The van der Waals surface area contributed by atoms with Gasteiger partial charge < -0.3 is 15.4 Å². The molecule has 1 fully saturated rings. The molecule has 0 spiro atoms. The second-order valence-corrected chi connectivity index (χ2v) is 6.14. The van der Waals surface area contributed by atoms with Crippen LogP contribution in [0.4, 0.5) is 11.9 Å². The molecule has 2 rings (SSSR count). The van der Waals surface area contributed by atoms with Gasteiger partial charge in [0.05, 0.1) is 6.61 Å². The van der Waals surface area contributed by atoms with Crippen LogP contribution in [-0.4, -0.2) is 45.7 Å². The highest BCUT2D eigenvalue weighted by molar-refractivity contribution is 8.00. The average Bonchev–Trinajstić information content (AvgIpc) is 3.24. The molecular formula is C13H23N5OS. The maximum atomic E-state index is 5.39. The lowest BCUT2D eigenvalue weighted by Gasteiger charge is -2.14. The number of hydrogen-bond donors (Lipinski definition) is 2. The van der Waals surface area contributed by atoms with Crippen LogP contribution in [-0.2, 0) is 0 Å². The van der Waals surface area contributed by atoms with Gasteiger partial charge in [0.1, 0.15) is 0 Å². The van der Waals surface area contributed by atoms with Crippen LogP contribution in [0.1, 0.15) is 33.1 Å². The summed E-state index contributed by atoms with van der Waals surface area (Å²) in [6.45, 7) is 6.29. The standard InChI is InChI=1S/C13H23N5OS/c1-4-8-14-10-16-11(18-12(17-10)19-5-2)15-9-13(20-3)6-7-13/h4-9H2,1-3H3,(H2,14,15,16,17,18). The van der Waals surface area contributed by atoms with Crippen LogP contribution in [0.25, 0.3) is 0 Å². The highest BCUT2D eigenvalue weighted by Gasteiger charge is 2.41. The zero-order chi connectivity index (χ0) is 14.4. The molecule has 6 nitrogen and oxygen atoms in total. The molecule has 0 amide bonds. The third-order valence-corrected chi connectivity index (χ3v) is 4.65. The quantitative estimate of drug-likeness (QED) is 0.725. The van der Waals surface area contributed by atoms with Gasteiger partial charge in [0.15, 0.2) is 0 Å². The molecule has 1 heterocycles. The Morgan fingerprint density at radius 3 is 2.40 bits per heavy atom. The summed E-state index contributed by atoms with van der Waals surface area (Å²) in [5.41, 5.74) is 0. The lowest BCUT2D eigenvalue weighted by atomic mass is 10.4. The molecule has 1 aliphatic carbocycles. The zero-order valence-electron chi connectivity index (χ0n) is 12.4. The molecule has 112 valence electrons. The Labute approximate surface area is 124 Å². The van der Waals surface area contributed by atoms with E-state index < -0.39 is 0 Å². The maximum Gasteiger partial charge on any atom is 0.323 e. The molecule has 0 aliphatic heterocycles. The van der Waals surface area contributed by atoms with Crippen LogP contribution in [0, 0.1) is 0 Å². The van der Waals surface area contributed by atoms with Gasteiger partial charge in [0.25, 0.3) is 0 Å². The first-order valence-electron chi connectivity index (χ1n) is 7.13. The van der Waals surface area contributed by atoms with Gasteiger partial charge in [-0.25, -0.2) is 0 Å². The van der Waals surface area contributed by atoms with Gasteiger partial charge >= 0.3 is 6.01 Å². The minimum Gasteiger partial charge on any atom is -0.464 e. The first kappa shape index (κ1) is 15.2. The summed E-state index contributed by atoms with van der Waals surface area (Å²) in [6.07, 6.45) is 5.69. The fraction of sp³-hybridized carbons (Fsp3) is 0.769. The molecular weight excluding hydrogens is 274 g/mol. The third-order valence-electron chi connectivity index (χ3n) is 3.23. The molecule has 1 saturated carbocycles. The molecule has 1 aromatic rings. The highest BCUT2D eigenvalue weighted by atomic mass is 32.2. The Kier molecular flexibility index (Phi) is 5.28. The van der Waals surface area contributed by atoms with Gasteiger partial charge in [-0.2, -0.15) is 26.7 Å². The monoisotopic (exact) mass is 297 g/mol. The van der Waals surface area contributed by atoms with Crippen molar-refractivity contribution >= 4 is 23.7 Å². The van der Waals surface area contributed by atoms with Crippen molar-refractivity contribution in [1.82, 2.24) is 15.0 Å². The van der Waals surface area contributed by atoms with E-state index in [1.807, 2.05) is 18.7 Å². The van der Waals surface area contributed by atoms with E-state index in [1.54, 1.807) is 0 Å². The average molecular weight is 297 g/mol. The van der Waals surface area contributed by atoms with Crippen molar-refractivity contribution in [3.05, 3.63) is 0 Å². The van der Waals surface area contributed by atoms with Crippen LogP contribution in [0.2, 0.25) is 0 Å². The van der Waals surface area contributed by atoms with E-state index in [4.69, 9.17) is 4.74 Å². The highest BCUT2D eigenvalue weighted by Crippen LogP contribution is 2.46. The molecule has 1 aliphatic rings. The predicted molar refractivity (Wildman–Crippen MR) is 83.7 cm³/mol. The fourth-order valence-corrected chi connectivity index (χ4v) is 2.50. The Hall–Kier alpha value is -1.24. The number of ether oxygens (including phenoxy) is 1. The van der Waals surface area contributed by atoms with Crippen molar-refractivity contribution in [1.29, 1.82) is 0 Å². The van der Waals surface area contributed by atoms with Gasteiger partial charge in [0.2, 0.25) is 11.9 Å². The summed E-state index contributed by atoms with van der Waals surface area (Å²) < 4.78 is 5.76. The Balaban J connectivity index is 2.03. The van der Waals surface area contributed by atoms with Crippen LogP contribution >= 0.6 is 11.8 Å². The van der Waals surface area contributed by atoms with Crippen molar-refractivity contribution < 1.29 is 4.74 Å². The van der Waals surface area contributed by atoms with E-state index >= 15 is 0 Å².